The van der Waals surface area contributed by atoms with Crippen molar-refractivity contribution >= 4 is 29.1 Å². The number of carbonyl (C=O) groups excluding carboxylic acids is 2. The SMILES string of the molecule is COCC1(C(=O)NC2CCCN(c3ccccc3Cl)C2=O)COC1. The standard InChI is InChI=1S/C17H21ClN2O4/c1-23-9-17(10-24-11-17)16(22)19-13-6-4-8-20(15(13)21)14-7-3-2-5-12(14)18/h2-3,5,7,13H,4,6,8-11H2,1H3,(H,19,22). The predicted octanol–water partition coefficient (Wildman–Crippen LogP) is 1.61. The number of halogens is 1. The molecule has 130 valence electrons. The van der Waals surface area contributed by atoms with E-state index in [9.17, 15) is 9.59 Å². The summed E-state index contributed by atoms with van der Waals surface area (Å²) in [7, 11) is 1.55. The van der Waals surface area contributed by atoms with E-state index in [2.05, 4.69) is 5.32 Å². The van der Waals surface area contributed by atoms with E-state index in [1.807, 2.05) is 18.2 Å². The Bertz CT molecular complexity index is 633. The zero-order valence-corrected chi connectivity index (χ0v) is 14.3. The Kier molecular flexibility index (Phi) is 5.08. The van der Waals surface area contributed by atoms with Gasteiger partial charge in [-0.15, -0.1) is 0 Å². The van der Waals surface area contributed by atoms with Crippen LogP contribution in [0.25, 0.3) is 0 Å². The van der Waals surface area contributed by atoms with Crippen LogP contribution in [0.3, 0.4) is 0 Å². The van der Waals surface area contributed by atoms with Crippen molar-refractivity contribution in [2.75, 3.05) is 38.4 Å². The van der Waals surface area contributed by atoms with Gasteiger partial charge in [-0.2, -0.15) is 0 Å². The molecule has 2 heterocycles. The van der Waals surface area contributed by atoms with Crippen LogP contribution in [-0.4, -0.2) is 51.3 Å². The summed E-state index contributed by atoms with van der Waals surface area (Å²) in [5, 5.41) is 3.41. The number of hydrogen-bond acceptors (Lipinski definition) is 4. The second kappa shape index (κ2) is 7.09. The monoisotopic (exact) mass is 352 g/mol. The number of amides is 2. The van der Waals surface area contributed by atoms with Crippen LogP contribution in [0, 0.1) is 5.41 Å². The number of benzene rings is 1. The van der Waals surface area contributed by atoms with Gasteiger partial charge in [-0.05, 0) is 25.0 Å². The molecule has 1 aromatic carbocycles. The maximum Gasteiger partial charge on any atom is 0.249 e. The first-order valence-corrected chi connectivity index (χ1v) is 8.39. The molecule has 2 amide bonds. The van der Waals surface area contributed by atoms with E-state index in [1.54, 1.807) is 18.1 Å². The first kappa shape index (κ1) is 17.2. The number of hydrogen-bond donors (Lipinski definition) is 1. The molecule has 0 aromatic heterocycles. The maximum atomic E-state index is 12.8. The van der Waals surface area contributed by atoms with Crippen LogP contribution in [-0.2, 0) is 19.1 Å². The molecule has 1 aromatic rings. The third-order valence-electron chi connectivity index (χ3n) is 4.55. The van der Waals surface area contributed by atoms with E-state index < -0.39 is 11.5 Å². The summed E-state index contributed by atoms with van der Waals surface area (Å²) in [6.45, 7) is 1.53. The molecule has 1 unspecified atom stereocenters. The van der Waals surface area contributed by atoms with Crippen LogP contribution in [0.5, 0.6) is 0 Å². The summed E-state index contributed by atoms with van der Waals surface area (Å²) in [6, 6.07) is 6.69. The lowest BCUT2D eigenvalue weighted by Gasteiger charge is -2.41. The maximum absolute atomic E-state index is 12.8. The van der Waals surface area contributed by atoms with Crippen LogP contribution in [0.4, 0.5) is 5.69 Å². The molecule has 7 heteroatoms. The van der Waals surface area contributed by atoms with Crippen LogP contribution in [0.1, 0.15) is 12.8 Å². The fourth-order valence-corrected chi connectivity index (χ4v) is 3.37. The third kappa shape index (κ3) is 3.14. The van der Waals surface area contributed by atoms with Crippen molar-refractivity contribution in [3.8, 4) is 0 Å². The van der Waals surface area contributed by atoms with E-state index in [0.29, 0.717) is 36.9 Å². The molecular formula is C17H21ClN2O4. The molecule has 2 aliphatic rings. The molecule has 2 aliphatic heterocycles. The summed E-state index contributed by atoms with van der Waals surface area (Å²) < 4.78 is 10.3. The number of anilines is 1. The Morgan fingerprint density at radius 3 is 2.83 bits per heavy atom. The number of nitrogens with one attached hydrogen (secondary N) is 1. The quantitative estimate of drug-likeness (QED) is 0.874. The Hall–Kier alpha value is -1.63. The lowest BCUT2D eigenvalue weighted by Crippen LogP contribution is -2.61. The summed E-state index contributed by atoms with van der Waals surface area (Å²) in [4.78, 5) is 27.0. The van der Waals surface area contributed by atoms with Gasteiger partial charge >= 0.3 is 0 Å². The average molecular weight is 353 g/mol. The van der Waals surface area contributed by atoms with E-state index >= 15 is 0 Å². The fraction of sp³-hybridized carbons (Fsp3) is 0.529. The van der Waals surface area contributed by atoms with E-state index in [4.69, 9.17) is 21.1 Å². The summed E-state index contributed by atoms with van der Waals surface area (Å²) in [5.41, 5.74) is 0.00326. The highest BCUT2D eigenvalue weighted by Gasteiger charge is 2.47. The van der Waals surface area contributed by atoms with Gasteiger partial charge in [0.05, 0.1) is 30.5 Å². The molecule has 3 rings (SSSR count). The number of methoxy groups -OCH3 is 1. The predicted molar refractivity (Wildman–Crippen MR) is 90.1 cm³/mol. The van der Waals surface area contributed by atoms with Crippen molar-refractivity contribution < 1.29 is 19.1 Å². The van der Waals surface area contributed by atoms with Crippen molar-refractivity contribution in [2.24, 2.45) is 5.41 Å². The molecule has 0 saturated carbocycles. The van der Waals surface area contributed by atoms with Gasteiger partial charge in [-0.25, -0.2) is 0 Å². The second-order valence-corrected chi connectivity index (χ2v) is 6.72. The average Bonchev–Trinajstić information content (AvgIpc) is 2.53. The second-order valence-electron chi connectivity index (χ2n) is 6.32. The normalized spacial score (nSPS) is 22.8. The highest BCUT2D eigenvalue weighted by atomic mass is 35.5. The van der Waals surface area contributed by atoms with E-state index in [1.165, 1.54) is 0 Å². The number of ether oxygens (including phenoxy) is 2. The van der Waals surface area contributed by atoms with Gasteiger partial charge in [0, 0.05) is 13.7 Å². The molecule has 0 aliphatic carbocycles. The van der Waals surface area contributed by atoms with Gasteiger partial charge in [0.25, 0.3) is 0 Å². The minimum atomic E-state index is -0.679. The van der Waals surface area contributed by atoms with Crippen LogP contribution in [0.15, 0.2) is 24.3 Å². The molecule has 0 spiro atoms. The van der Waals surface area contributed by atoms with Crippen molar-refractivity contribution in [3.05, 3.63) is 29.3 Å². The molecule has 1 N–H and O–H groups in total. The highest BCUT2D eigenvalue weighted by molar-refractivity contribution is 6.33. The van der Waals surface area contributed by atoms with Gasteiger partial charge in [-0.3, -0.25) is 9.59 Å². The van der Waals surface area contributed by atoms with Gasteiger partial charge in [0.2, 0.25) is 11.8 Å². The molecule has 24 heavy (non-hydrogen) atoms. The van der Waals surface area contributed by atoms with E-state index in [-0.39, 0.29) is 18.4 Å². The lowest BCUT2D eigenvalue weighted by atomic mass is 9.85. The summed E-state index contributed by atoms with van der Waals surface area (Å²) in [5.74, 6) is -0.314. The first-order chi connectivity index (χ1) is 11.6. The number of piperidine rings is 1. The largest absolute Gasteiger partial charge is 0.383 e. The Balaban J connectivity index is 1.71. The zero-order chi connectivity index (χ0) is 17.2. The minimum Gasteiger partial charge on any atom is -0.383 e. The van der Waals surface area contributed by atoms with Gasteiger partial charge in [0.1, 0.15) is 11.5 Å². The van der Waals surface area contributed by atoms with Crippen LogP contribution in [0.2, 0.25) is 5.02 Å². The van der Waals surface area contributed by atoms with Crippen molar-refractivity contribution in [1.82, 2.24) is 5.32 Å². The van der Waals surface area contributed by atoms with Crippen LogP contribution >= 0.6 is 11.6 Å². The minimum absolute atomic E-state index is 0.129. The van der Waals surface area contributed by atoms with Crippen molar-refractivity contribution in [2.45, 2.75) is 18.9 Å². The molecule has 1 atom stereocenters. The third-order valence-corrected chi connectivity index (χ3v) is 4.87. The number of carbonyl (C=O) groups is 2. The first-order valence-electron chi connectivity index (χ1n) is 8.01. The van der Waals surface area contributed by atoms with Gasteiger partial charge < -0.3 is 19.7 Å². The molecule has 6 nitrogen and oxygen atoms in total. The van der Waals surface area contributed by atoms with Crippen molar-refractivity contribution in [3.63, 3.8) is 0 Å². The zero-order valence-electron chi connectivity index (χ0n) is 13.6. The fourth-order valence-electron chi connectivity index (χ4n) is 3.14. The molecule has 0 bridgehead atoms. The van der Waals surface area contributed by atoms with Gasteiger partial charge in [-0.1, -0.05) is 23.7 Å². The smallest absolute Gasteiger partial charge is 0.249 e. The van der Waals surface area contributed by atoms with E-state index in [0.717, 1.165) is 6.42 Å². The highest BCUT2D eigenvalue weighted by Crippen LogP contribution is 2.31. The van der Waals surface area contributed by atoms with Crippen LogP contribution < -0.4 is 10.2 Å². The number of rotatable bonds is 5. The Morgan fingerprint density at radius 1 is 1.46 bits per heavy atom. The molecule has 0 radical (unpaired) electrons. The Morgan fingerprint density at radius 2 is 2.21 bits per heavy atom. The number of para-hydroxylation sites is 1. The topological polar surface area (TPSA) is 67.9 Å². The van der Waals surface area contributed by atoms with Crippen molar-refractivity contribution in [1.29, 1.82) is 0 Å². The lowest BCUT2D eigenvalue weighted by molar-refractivity contribution is -0.173. The Labute approximate surface area is 146 Å². The summed E-state index contributed by atoms with van der Waals surface area (Å²) >= 11 is 6.21. The molecular weight excluding hydrogens is 332 g/mol. The van der Waals surface area contributed by atoms with Gasteiger partial charge in [0.15, 0.2) is 0 Å². The number of nitrogens with zero attached hydrogens (tertiary/aromatic N) is 1. The summed E-state index contributed by atoms with van der Waals surface area (Å²) in [6.07, 6.45) is 1.42. The molecule has 2 saturated heterocycles. The molecule has 2 fully saturated rings.